The lowest BCUT2D eigenvalue weighted by atomic mass is 10.1. The lowest BCUT2D eigenvalue weighted by molar-refractivity contribution is 0.0953. The van der Waals surface area contributed by atoms with Gasteiger partial charge in [-0.2, -0.15) is 0 Å². The highest BCUT2D eigenvalue weighted by Gasteiger charge is 2.08. The minimum absolute atomic E-state index is 0.0937. The number of amides is 1. The Bertz CT molecular complexity index is 608. The SMILES string of the molecule is Cc1ccc(N)cc1C(=O)NCCc1ccc(Cl)cc1. The van der Waals surface area contributed by atoms with Crippen LogP contribution >= 0.6 is 11.6 Å². The maximum atomic E-state index is 12.1. The first-order valence-electron chi connectivity index (χ1n) is 6.45. The third-order valence-corrected chi connectivity index (χ3v) is 3.37. The van der Waals surface area contributed by atoms with Gasteiger partial charge in [-0.1, -0.05) is 29.8 Å². The smallest absolute Gasteiger partial charge is 0.251 e. The van der Waals surface area contributed by atoms with Gasteiger partial charge < -0.3 is 11.1 Å². The minimum atomic E-state index is -0.0937. The van der Waals surface area contributed by atoms with E-state index in [0.717, 1.165) is 17.5 Å². The Hall–Kier alpha value is -2.00. The zero-order valence-electron chi connectivity index (χ0n) is 11.3. The molecule has 4 heteroatoms. The molecule has 0 saturated heterocycles. The molecule has 0 bridgehead atoms. The molecule has 0 aliphatic rings. The molecule has 0 aliphatic carbocycles. The van der Waals surface area contributed by atoms with E-state index in [1.807, 2.05) is 37.3 Å². The lowest BCUT2D eigenvalue weighted by Crippen LogP contribution is -2.26. The van der Waals surface area contributed by atoms with Crippen LogP contribution in [0.25, 0.3) is 0 Å². The summed E-state index contributed by atoms with van der Waals surface area (Å²) in [6.07, 6.45) is 0.768. The molecule has 2 rings (SSSR count). The first kappa shape index (κ1) is 14.4. The van der Waals surface area contributed by atoms with Crippen molar-refractivity contribution in [1.29, 1.82) is 0 Å². The van der Waals surface area contributed by atoms with Crippen molar-refractivity contribution >= 4 is 23.2 Å². The molecule has 2 aromatic rings. The predicted molar refractivity (Wildman–Crippen MR) is 83.1 cm³/mol. The van der Waals surface area contributed by atoms with Crippen LogP contribution in [0.5, 0.6) is 0 Å². The lowest BCUT2D eigenvalue weighted by Gasteiger charge is -2.08. The van der Waals surface area contributed by atoms with Crippen LogP contribution in [0.1, 0.15) is 21.5 Å². The molecule has 3 nitrogen and oxygen atoms in total. The van der Waals surface area contributed by atoms with Crippen molar-refractivity contribution in [2.75, 3.05) is 12.3 Å². The molecule has 3 N–H and O–H groups in total. The van der Waals surface area contributed by atoms with Gasteiger partial charge in [0, 0.05) is 22.8 Å². The van der Waals surface area contributed by atoms with Gasteiger partial charge in [0.15, 0.2) is 0 Å². The second-order valence-electron chi connectivity index (χ2n) is 4.71. The number of benzene rings is 2. The standard InChI is InChI=1S/C16H17ClN2O/c1-11-2-7-14(18)10-15(11)16(20)19-9-8-12-3-5-13(17)6-4-12/h2-7,10H,8-9,18H2,1H3,(H,19,20). The van der Waals surface area contributed by atoms with Gasteiger partial charge in [-0.05, 0) is 48.7 Å². The predicted octanol–water partition coefficient (Wildman–Crippen LogP) is 3.20. The Kier molecular flexibility index (Phi) is 4.64. The summed E-state index contributed by atoms with van der Waals surface area (Å²) in [4.78, 5) is 12.1. The van der Waals surface area contributed by atoms with Crippen molar-refractivity contribution in [2.45, 2.75) is 13.3 Å². The number of hydrogen-bond donors (Lipinski definition) is 2. The number of nitrogens with one attached hydrogen (secondary N) is 1. The summed E-state index contributed by atoms with van der Waals surface area (Å²) >= 11 is 5.83. The highest BCUT2D eigenvalue weighted by Crippen LogP contribution is 2.13. The van der Waals surface area contributed by atoms with Gasteiger partial charge >= 0.3 is 0 Å². The van der Waals surface area contributed by atoms with Gasteiger partial charge in [-0.3, -0.25) is 4.79 Å². The van der Waals surface area contributed by atoms with Gasteiger partial charge in [0.05, 0.1) is 0 Å². The molecule has 0 radical (unpaired) electrons. The normalized spacial score (nSPS) is 10.3. The molecular weight excluding hydrogens is 272 g/mol. The number of anilines is 1. The number of carbonyl (C=O) groups excluding carboxylic acids is 1. The van der Waals surface area contributed by atoms with E-state index in [1.54, 1.807) is 12.1 Å². The maximum absolute atomic E-state index is 12.1. The fraction of sp³-hybridized carbons (Fsp3) is 0.188. The molecule has 1 amide bonds. The molecule has 0 atom stereocenters. The molecule has 2 aromatic carbocycles. The number of aryl methyl sites for hydroxylation is 1. The molecule has 0 heterocycles. The third kappa shape index (κ3) is 3.75. The van der Waals surface area contributed by atoms with E-state index in [4.69, 9.17) is 17.3 Å². The molecule has 0 spiro atoms. The summed E-state index contributed by atoms with van der Waals surface area (Å²) in [5, 5.41) is 3.62. The van der Waals surface area contributed by atoms with Crippen LogP contribution in [-0.4, -0.2) is 12.5 Å². The van der Waals surface area contributed by atoms with Crippen LogP contribution in [0, 0.1) is 6.92 Å². The quantitative estimate of drug-likeness (QED) is 0.849. The Balaban J connectivity index is 1.92. The fourth-order valence-corrected chi connectivity index (χ4v) is 2.08. The van der Waals surface area contributed by atoms with Crippen LogP contribution in [0.15, 0.2) is 42.5 Å². The maximum Gasteiger partial charge on any atom is 0.251 e. The van der Waals surface area contributed by atoms with Crippen molar-refractivity contribution in [3.63, 3.8) is 0 Å². The molecule has 0 aromatic heterocycles. The molecule has 104 valence electrons. The zero-order valence-corrected chi connectivity index (χ0v) is 12.1. The zero-order chi connectivity index (χ0) is 14.5. The summed E-state index contributed by atoms with van der Waals surface area (Å²) < 4.78 is 0. The van der Waals surface area contributed by atoms with Crippen LogP contribution in [0.4, 0.5) is 5.69 Å². The van der Waals surface area contributed by atoms with Gasteiger partial charge in [0.1, 0.15) is 0 Å². The van der Waals surface area contributed by atoms with E-state index in [-0.39, 0.29) is 5.91 Å². The number of carbonyl (C=O) groups is 1. The number of nitrogens with two attached hydrogens (primary N) is 1. The summed E-state index contributed by atoms with van der Waals surface area (Å²) in [6.45, 7) is 2.47. The largest absolute Gasteiger partial charge is 0.399 e. The first-order valence-corrected chi connectivity index (χ1v) is 6.83. The summed E-state index contributed by atoms with van der Waals surface area (Å²) in [7, 11) is 0. The van der Waals surface area contributed by atoms with Crippen molar-refractivity contribution in [2.24, 2.45) is 0 Å². The van der Waals surface area contributed by atoms with Crippen molar-refractivity contribution in [3.05, 3.63) is 64.2 Å². The van der Waals surface area contributed by atoms with Crippen molar-refractivity contribution in [3.8, 4) is 0 Å². The molecular formula is C16H17ClN2O. The number of hydrogen-bond acceptors (Lipinski definition) is 2. The molecule has 0 saturated carbocycles. The molecule has 0 fully saturated rings. The van der Waals surface area contributed by atoms with Gasteiger partial charge in [-0.25, -0.2) is 0 Å². The number of halogens is 1. The van der Waals surface area contributed by atoms with Crippen LogP contribution in [0.2, 0.25) is 5.02 Å². The van der Waals surface area contributed by atoms with E-state index in [1.165, 1.54) is 0 Å². The molecule has 0 aliphatic heterocycles. The third-order valence-electron chi connectivity index (χ3n) is 3.12. The van der Waals surface area contributed by atoms with Crippen LogP contribution in [0.3, 0.4) is 0 Å². The summed E-state index contributed by atoms with van der Waals surface area (Å²) in [6, 6.07) is 13.0. The molecule has 0 unspecified atom stereocenters. The Morgan fingerprint density at radius 1 is 1.20 bits per heavy atom. The van der Waals surface area contributed by atoms with E-state index >= 15 is 0 Å². The number of rotatable bonds is 4. The first-order chi connectivity index (χ1) is 9.56. The fourth-order valence-electron chi connectivity index (χ4n) is 1.95. The Labute approximate surface area is 123 Å². The Morgan fingerprint density at radius 3 is 2.60 bits per heavy atom. The average molecular weight is 289 g/mol. The second-order valence-corrected chi connectivity index (χ2v) is 5.14. The van der Waals surface area contributed by atoms with Crippen LogP contribution < -0.4 is 11.1 Å². The van der Waals surface area contributed by atoms with Crippen molar-refractivity contribution in [1.82, 2.24) is 5.32 Å². The van der Waals surface area contributed by atoms with E-state index in [0.29, 0.717) is 22.8 Å². The minimum Gasteiger partial charge on any atom is -0.399 e. The van der Waals surface area contributed by atoms with Gasteiger partial charge in [-0.15, -0.1) is 0 Å². The van der Waals surface area contributed by atoms with Crippen molar-refractivity contribution < 1.29 is 4.79 Å². The topological polar surface area (TPSA) is 55.1 Å². The second kappa shape index (κ2) is 6.44. The number of nitrogen functional groups attached to an aromatic ring is 1. The summed E-state index contributed by atoms with van der Waals surface area (Å²) in [5.41, 5.74) is 8.99. The van der Waals surface area contributed by atoms with Gasteiger partial charge in [0.25, 0.3) is 5.91 Å². The van der Waals surface area contributed by atoms with E-state index in [2.05, 4.69) is 5.32 Å². The van der Waals surface area contributed by atoms with E-state index < -0.39 is 0 Å². The summed E-state index contributed by atoms with van der Waals surface area (Å²) in [5.74, 6) is -0.0937. The van der Waals surface area contributed by atoms with Crippen LogP contribution in [-0.2, 0) is 6.42 Å². The van der Waals surface area contributed by atoms with Gasteiger partial charge in [0.2, 0.25) is 0 Å². The average Bonchev–Trinajstić information content (AvgIpc) is 2.43. The highest BCUT2D eigenvalue weighted by molar-refractivity contribution is 6.30. The molecule has 20 heavy (non-hydrogen) atoms. The Morgan fingerprint density at radius 2 is 1.90 bits per heavy atom. The highest BCUT2D eigenvalue weighted by atomic mass is 35.5. The monoisotopic (exact) mass is 288 g/mol. The van der Waals surface area contributed by atoms with E-state index in [9.17, 15) is 4.79 Å².